The van der Waals surface area contributed by atoms with Crippen molar-refractivity contribution in [3.05, 3.63) is 78.0 Å². The number of aromatic nitrogens is 1. The highest BCUT2D eigenvalue weighted by Crippen LogP contribution is 2.39. The van der Waals surface area contributed by atoms with Crippen molar-refractivity contribution < 1.29 is 24.1 Å². The molecule has 0 saturated heterocycles. The molecule has 1 aliphatic carbocycles. The quantitative estimate of drug-likeness (QED) is 0.216. The van der Waals surface area contributed by atoms with E-state index in [1.807, 2.05) is 71.3 Å². The van der Waals surface area contributed by atoms with E-state index in [4.69, 9.17) is 14.2 Å². The Balaban J connectivity index is 1.59. The Bertz CT molecular complexity index is 1420. The molecule has 1 aromatic heterocycles. The summed E-state index contributed by atoms with van der Waals surface area (Å²) in [5, 5.41) is 11.3. The summed E-state index contributed by atoms with van der Waals surface area (Å²) in [6.07, 6.45) is 3.41. The molecular weight excluding hydrogens is 478 g/mol. The SMILES string of the molecule is COc1cccc(Cn2c(C(=O)O)c(-c3ccc(OCC4CC4)cc3)c3cc(OCCC(C)C)ccc32)c1. The highest BCUT2D eigenvalue weighted by atomic mass is 16.5. The lowest BCUT2D eigenvalue weighted by Gasteiger charge is -2.11. The van der Waals surface area contributed by atoms with Crippen LogP contribution in [0, 0.1) is 11.8 Å². The summed E-state index contributed by atoms with van der Waals surface area (Å²) in [7, 11) is 1.63. The number of carboxylic acids is 1. The van der Waals surface area contributed by atoms with Crippen LogP contribution in [0.4, 0.5) is 0 Å². The van der Waals surface area contributed by atoms with E-state index in [1.165, 1.54) is 12.8 Å². The van der Waals surface area contributed by atoms with E-state index < -0.39 is 5.97 Å². The lowest BCUT2D eigenvalue weighted by molar-refractivity contribution is 0.0687. The fraction of sp³-hybridized carbons (Fsp3) is 0.344. The minimum absolute atomic E-state index is 0.244. The molecule has 0 bridgehead atoms. The summed E-state index contributed by atoms with van der Waals surface area (Å²) in [4.78, 5) is 12.8. The molecule has 0 amide bonds. The van der Waals surface area contributed by atoms with Gasteiger partial charge in [-0.25, -0.2) is 4.79 Å². The molecule has 1 aliphatic rings. The van der Waals surface area contributed by atoms with E-state index in [0.29, 0.717) is 30.6 Å². The van der Waals surface area contributed by atoms with E-state index in [2.05, 4.69) is 13.8 Å². The average Bonchev–Trinajstić information content (AvgIpc) is 3.69. The molecule has 198 valence electrons. The smallest absolute Gasteiger partial charge is 0.353 e. The number of nitrogens with zero attached hydrogens (tertiary/aromatic N) is 1. The number of methoxy groups -OCH3 is 1. The Morgan fingerprint density at radius 1 is 0.974 bits per heavy atom. The number of benzene rings is 3. The van der Waals surface area contributed by atoms with Gasteiger partial charge in [-0.1, -0.05) is 38.1 Å². The zero-order valence-electron chi connectivity index (χ0n) is 22.3. The molecule has 0 aliphatic heterocycles. The maximum Gasteiger partial charge on any atom is 0.353 e. The number of aromatic carboxylic acids is 1. The van der Waals surface area contributed by atoms with Gasteiger partial charge in [0.2, 0.25) is 0 Å². The Morgan fingerprint density at radius 2 is 1.74 bits per heavy atom. The van der Waals surface area contributed by atoms with Crippen molar-refractivity contribution in [1.82, 2.24) is 4.57 Å². The molecule has 1 N–H and O–H groups in total. The zero-order valence-corrected chi connectivity index (χ0v) is 22.3. The summed E-state index contributed by atoms with van der Waals surface area (Å²) < 4.78 is 19.3. The zero-order chi connectivity index (χ0) is 26.6. The van der Waals surface area contributed by atoms with E-state index in [9.17, 15) is 9.90 Å². The van der Waals surface area contributed by atoms with Crippen LogP contribution in [0.1, 0.15) is 49.2 Å². The van der Waals surface area contributed by atoms with Crippen LogP contribution in [0.25, 0.3) is 22.0 Å². The summed E-state index contributed by atoms with van der Waals surface area (Å²) in [5.41, 5.74) is 3.55. The largest absolute Gasteiger partial charge is 0.497 e. The van der Waals surface area contributed by atoms with Gasteiger partial charge in [0.15, 0.2) is 0 Å². The second-order valence-corrected chi connectivity index (χ2v) is 10.5. The van der Waals surface area contributed by atoms with Crippen LogP contribution < -0.4 is 14.2 Å². The maximum absolute atomic E-state index is 12.8. The lowest BCUT2D eigenvalue weighted by Crippen LogP contribution is -2.10. The lowest BCUT2D eigenvalue weighted by atomic mass is 10.0. The first-order chi connectivity index (χ1) is 18.4. The molecule has 1 saturated carbocycles. The fourth-order valence-electron chi connectivity index (χ4n) is 4.68. The van der Waals surface area contributed by atoms with Gasteiger partial charge in [-0.05, 0) is 84.7 Å². The molecule has 0 unspecified atom stereocenters. The highest BCUT2D eigenvalue weighted by molar-refractivity contribution is 6.08. The maximum atomic E-state index is 12.8. The average molecular weight is 514 g/mol. The van der Waals surface area contributed by atoms with Crippen LogP contribution in [0.2, 0.25) is 0 Å². The van der Waals surface area contributed by atoms with E-state index in [1.54, 1.807) is 7.11 Å². The Labute approximate surface area is 223 Å². The number of fused-ring (bicyclic) bond motifs is 1. The standard InChI is InChI=1S/C32H35NO5/c1-21(2)15-16-37-27-13-14-29-28(18-27)30(24-9-11-25(12-10-24)38-20-22-7-8-22)31(32(34)35)33(29)19-23-5-4-6-26(17-23)36-3/h4-6,9-14,17-18,21-22H,7-8,15-16,19-20H2,1-3H3,(H,34,35). The molecule has 6 heteroatoms. The van der Waals surface area contributed by atoms with Gasteiger partial charge in [0.1, 0.15) is 22.9 Å². The first-order valence-corrected chi connectivity index (χ1v) is 13.3. The van der Waals surface area contributed by atoms with Crippen LogP contribution in [0.3, 0.4) is 0 Å². The number of carbonyl (C=O) groups is 1. The molecule has 0 atom stereocenters. The van der Waals surface area contributed by atoms with Crippen molar-refractivity contribution in [2.45, 2.75) is 39.7 Å². The monoisotopic (exact) mass is 513 g/mol. The van der Waals surface area contributed by atoms with Gasteiger partial charge in [-0.3, -0.25) is 0 Å². The van der Waals surface area contributed by atoms with Crippen LogP contribution in [-0.4, -0.2) is 36.0 Å². The van der Waals surface area contributed by atoms with Crippen molar-refractivity contribution in [3.63, 3.8) is 0 Å². The van der Waals surface area contributed by atoms with Gasteiger partial charge in [0.25, 0.3) is 0 Å². The molecule has 6 nitrogen and oxygen atoms in total. The third kappa shape index (κ3) is 5.80. The van der Waals surface area contributed by atoms with Crippen molar-refractivity contribution in [3.8, 4) is 28.4 Å². The van der Waals surface area contributed by atoms with Gasteiger partial charge < -0.3 is 23.9 Å². The Hall–Kier alpha value is -3.93. The second kappa shape index (κ2) is 11.2. The predicted molar refractivity (Wildman–Crippen MR) is 150 cm³/mol. The summed E-state index contributed by atoms with van der Waals surface area (Å²) in [6.45, 7) is 6.07. The molecular formula is C32H35NO5. The minimum Gasteiger partial charge on any atom is -0.497 e. The summed E-state index contributed by atoms with van der Waals surface area (Å²) in [6, 6.07) is 21.3. The first-order valence-electron chi connectivity index (χ1n) is 13.3. The Kier molecular flexibility index (Phi) is 7.59. The van der Waals surface area contributed by atoms with Crippen LogP contribution >= 0.6 is 0 Å². The topological polar surface area (TPSA) is 69.9 Å². The second-order valence-electron chi connectivity index (χ2n) is 10.5. The molecule has 0 radical (unpaired) electrons. The third-order valence-electron chi connectivity index (χ3n) is 7.00. The molecule has 1 fully saturated rings. The van der Waals surface area contributed by atoms with Crippen LogP contribution in [-0.2, 0) is 6.54 Å². The number of hydrogen-bond acceptors (Lipinski definition) is 4. The van der Waals surface area contributed by atoms with Crippen LogP contribution in [0.5, 0.6) is 17.2 Å². The van der Waals surface area contributed by atoms with Gasteiger partial charge in [0, 0.05) is 23.0 Å². The number of rotatable bonds is 12. The normalized spacial score (nSPS) is 13.2. The van der Waals surface area contributed by atoms with Crippen molar-refractivity contribution in [1.29, 1.82) is 0 Å². The van der Waals surface area contributed by atoms with E-state index in [0.717, 1.165) is 52.3 Å². The minimum atomic E-state index is -0.976. The third-order valence-corrected chi connectivity index (χ3v) is 7.00. The number of carboxylic acid groups (broad SMARTS) is 1. The molecule has 38 heavy (non-hydrogen) atoms. The fourth-order valence-corrected chi connectivity index (χ4v) is 4.68. The van der Waals surface area contributed by atoms with Gasteiger partial charge in [0.05, 0.1) is 20.3 Å². The number of hydrogen-bond donors (Lipinski definition) is 1. The van der Waals surface area contributed by atoms with Crippen molar-refractivity contribution in [2.75, 3.05) is 20.3 Å². The summed E-state index contributed by atoms with van der Waals surface area (Å²) >= 11 is 0. The van der Waals surface area contributed by atoms with E-state index >= 15 is 0 Å². The first kappa shape index (κ1) is 25.7. The number of ether oxygens (including phenoxy) is 3. The summed E-state index contributed by atoms with van der Waals surface area (Å²) in [5.74, 6) is 2.50. The molecule has 3 aromatic carbocycles. The predicted octanol–water partition coefficient (Wildman–Crippen LogP) is 7.28. The highest BCUT2D eigenvalue weighted by Gasteiger charge is 2.25. The van der Waals surface area contributed by atoms with Gasteiger partial charge in [-0.2, -0.15) is 0 Å². The molecule has 1 heterocycles. The van der Waals surface area contributed by atoms with Gasteiger partial charge >= 0.3 is 5.97 Å². The van der Waals surface area contributed by atoms with E-state index in [-0.39, 0.29) is 5.69 Å². The van der Waals surface area contributed by atoms with Crippen molar-refractivity contribution in [2.24, 2.45) is 11.8 Å². The van der Waals surface area contributed by atoms with Gasteiger partial charge in [-0.15, -0.1) is 0 Å². The molecule has 4 aromatic rings. The molecule has 5 rings (SSSR count). The van der Waals surface area contributed by atoms with Crippen LogP contribution in [0.15, 0.2) is 66.7 Å². The molecule has 0 spiro atoms. The van der Waals surface area contributed by atoms with Crippen molar-refractivity contribution >= 4 is 16.9 Å². The Morgan fingerprint density at radius 3 is 2.42 bits per heavy atom.